The van der Waals surface area contributed by atoms with E-state index in [9.17, 15) is 4.79 Å². The molecule has 0 radical (unpaired) electrons. The molecule has 0 saturated carbocycles. The van der Waals surface area contributed by atoms with Crippen molar-refractivity contribution in [2.75, 3.05) is 13.7 Å². The van der Waals surface area contributed by atoms with E-state index < -0.39 is 5.91 Å². The Balaban J connectivity index is 1.54. The largest absolute Gasteiger partial charge is 0.493 e. The molecule has 3 aromatic carbocycles. The number of ether oxygens (including phenoxy) is 3. The highest BCUT2D eigenvalue weighted by Gasteiger charge is 2.10. The molecule has 0 bridgehead atoms. The van der Waals surface area contributed by atoms with Crippen LogP contribution in [0.2, 0.25) is 15.1 Å². The summed E-state index contributed by atoms with van der Waals surface area (Å²) in [5.41, 5.74) is 3.79. The highest BCUT2D eigenvalue weighted by atomic mass is 35.5. The molecule has 0 unspecified atom stereocenters. The Morgan fingerprint density at radius 3 is 2.38 bits per heavy atom. The van der Waals surface area contributed by atoms with Gasteiger partial charge in [0.25, 0.3) is 5.91 Å². The molecule has 0 saturated heterocycles. The fourth-order valence-electron chi connectivity index (χ4n) is 2.59. The number of rotatable bonds is 9. The van der Waals surface area contributed by atoms with E-state index in [2.05, 4.69) is 10.5 Å². The van der Waals surface area contributed by atoms with Gasteiger partial charge in [-0.15, -0.1) is 0 Å². The quantitative estimate of drug-likeness (QED) is 0.304. The highest BCUT2D eigenvalue weighted by molar-refractivity contribution is 6.36. The Kier molecular flexibility index (Phi) is 8.62. The first-order valence-electron chi connectivity index (χ1n) is 9.40. The van der Waals surface area contributed by atoms with Crippen LogP contribution in [-0.2, 0) is 11.4 Å². The zero-order valence-electron chi connectivity index (χ0n) is 17.0. The van der Waals surface area contributed by atoms with Gasteiger partial charge in [0, 0.05) is 20.6 Å². The van der Waals surface area contributed by atoms with E-state index in [0.717, 1.165) is 0 Å². The summed E-state index contributed by atoms with van der Waals surface area (Å²) in [7, 11) is 1.53. The van der Waals surface area contributed by atoms with Crippen molar-refractivity contribution in [3.63, 3.8) is 0 Å². The van der Waals surface area contributed by atoms with E-state index in [1.165, 1.54) is 13.3 Å². The van der Waals surface area contributed by atoms with Crippen LogP contribution < -0.4 is 19.6 Å². The maximum atomic E-state index is 11.9. The molecule has 0 aliphatic heterocycles. The summed E-state index contributed by atoms with van der Waals surface area (Å²) in [6, 6.07) is 17.2. The van der Waals surface area contributed by atoms with Crippen LogP contribution in [0.5, 0.6) is 17.2 Å². The fourth-order valence-corrected chi connectivity index (χ4v) is 3.23. The SMILES string of the molecule is COc1cc(/C=N\NC(=O)COc2ccc(Cl)cc2)ccc1OCc1c(Cl)cccc1Cl. The second kappa shape index (κ2) is 11.6. The minimum atomic E-state index is -0.403. The Bertz CT molecular complexity index is 1080. The average Bonchev–Trinajstić information content (AvgIpc) is 2.79. The zero-order valence-corrected chi connectivity index (χ0v) is 19.2. The van der Waals surface area contributed by atoms with E-state index in [-0.39, 0.29) is 13.2 Å². The van der Waals surface area contributed by atoms with E-state index in [0.29, 0.717) is 43.4 Å². The summed E-state index contributed by atoms with van der Waals surface area (Å²) >= 11 is 18.2. The van der Waals surface area contributed by atoms with Gasteiger partial charge in [0.1, 0.15) is 12.4 Å². The molecule has 1 N–H and O–H groups in total. The van der Waals surface area contributed by atoms with Gasteiger partial charge in [-0.25, -0.2) is 5.43 Å². The van der Waals surface area contributed by atoms with Crippen LogP contribution in [0, 0.1) is 0 Å². The third-order valence-corrected chi connectivity index (χ3v) is 5.17. The molecule has 0 spiro atoms. The predicted molar refractivity (Wildman–Crippen MR) is 126 cm³/mol. The molecule has 0 aliphatic carbocycles. The van der Waals surface area contributed by atoms with E-state index in [1.807, 2.05) is 0 Å². The Labute approximate surface area is 200 Å². The van der Waals surface area contributed by atoms with Gasteiger partial charge in [0.15, 0.2) is 18.1 Å². The minimum absolute atomic E-state index is 0.181. The number of nitrogens with one attached hydrogen (secondary N) is 1. The van der Waals surface area contributed by atoms with E-state index in [4.69, 9.17) is 49.0 Å². The number of halogens is 3. The third kappa shape index (κ3) is 6.79. The minimum Gasteiger partial charge on any atom is -0.493 e. The van der Waals surface area contributed by atoms with Crippen molar-refractivity contribution >= 4 is 46.9 Å². The molecule has 1 amide bonds. The number of hydrogen-bond acceptors (Lipinski definition) is 5. The highest BCUT2D eigenvalue weighted by Crippen LogP contribution is 2.31. The van der Waals surface area contributed by atoms with Crippen molar-refractivity contribution < 1.29 is 19.0 Å². The van der Waals surface area contributed by atoms with Gasteiger partial charge in [0.05, 0.1) is 13.3 Å². The molecule has 166 valence electrons. The molecule has 0 aromatic heterocycles. The maximum Gasteiger partial charge on any atom is 0.277 e. The van der Waals surface area contributed by atoms with Gasteiger partial charge in [-0.1, -0.05) is 40.9 Å². The lowest BCUT2D eigenvalue weighted by Crippen LogP contribution is -2.24. The molecule has 0 aliphatic rings. The summed E-state index contributed by atoms with van der Waals surface area (Å²) in [6.07, 6.45) is 1.48. The molecule has 0 atom stereocenters. The lowest BCUT2D eigenvalue weighted by atomic mass is 10.2. The van der Waals surface area contributed by atoms with Crippen LogP contribution in [0.1, 0.15) is 11.1 Å². The lowest BCUT2D eigenvalue weighted by molar-refractivity contribution is -0.123. The summed E-state index contributed by atoms with van der Waals surface area (Å²) in [6.45, 7) is 0.00561. The van der Waals surface area contributed by atoms with Gasteiger partial charge in [-0.05, 0) is 60.2 Å². The van der Waals surface area contributed by atoms with Gasteiger partial charge >= 0.3 is 0 Å². The van der Waals surface area contributed by atoms with Crippen LogP contribution in [0.15, 0.2) is 65.8 Å². The molecule has 6 nitrogen and oxygen atoms in total. The zero-order chi connectivity index (χ0) is 22.9. The summed E-state index contributed by atoms with van der Waals surface area (Å²) in [5.74, 6) is 1.14. The van der Waals surface area contributed by atoms with Gasteiger partial charge < -0.3 is 14.2 Å². The van der Waals surface area contributed by atoms with Crippen LogP contribution >= 0.6 is 34.8 Å². The molecular weight excluding hydrogens is 475 g/mol. The van der Waals surface area contributed by atoms with Crippen LogP contribution in [0.3, 0.4) is 0 Å². The predicted octanol–water partition coefficient (Wildman–Crippen LogP) is 5.76. The molecule has 0 fully saturated rings. The van der Waals surface area contributed by atoms with Crippen molar-refractivity contribution in [1.82, 2.24) is 5.43 Å². The Morgan fingerprint density at radius 1 is 0.969 bits per heavy atom. The first-order valence-corrected chi connectivity index (χ1v) is 10.5. The van der Waals surface area contributed by atoms with E-state index >= 15 is 0 Å². The Morgan fingerprint density at radius 2 is 1.69 bits per heavy atom. The number of benzene rings is 3. The lowest BCUT2D eigenvalue weighted by Gasteiger charge is -2.13. The normalized spacial score (nSPS) is 10.8. The van der Waals surface area contributed by atoms with Gasteiger partial charge in [-0.2, -0.15) is 5.10 Å². The second-order valence-corrected chi connectivity index (χ2v) is 7.69. The van der Waals surface area contributed by atoms with Crippen LogP contribution in [0.25, 0.3) is 0 Å². The number of amides is 1. The monoisotopic (exact) mass is 492 g/mol. The first kappa shape index (κ1) is 23.7. The third-order valence-electron chi connectivity index (χ3n) is 4.21. The first-order chi connectivity index (χ1) is 15.5. The number of methoxy groups -OCH3 is 1. The smallest absolute Gasteiger partial charge is 0.277 e. The molecule has 3 aromatic rings. The maximum absolute atomic E-state index is 11.9. The summed E-state index contributed by atoms with van der Waals surface area (Å²) in [4.78, 5) is 11.9. The summed E-state index contributed by atoms with van der Waals surface area (Å²) in [5, 5.41) is 5.57. The Hall–Kier alpha value is -2.93. The molecule has 32 heavy (non-hydrogen) atoms. The van der Waals surface area contributed by atoms with Crippen molar-refractivity contribution in [3.8, 4) is 17.2 Å². The molecular formula is C23H19Cl3N2O4. The number of hydrogen-bond donors (Lipinski definition) is 1. The van der Waals surface area contributed by atoms with Crippen molar-refractivity contribution in [1.29, 1.82) is 0 Å². The average molecular weight is 494 g/mol. The van der Waals surface area contributed by atoms with E-state index in [1.54, 1.807) is 60.7 Å². The van der Waals surface area contributed by atoms with Crippen molar-refractivity contribution in [2.24, 2.45) is 5.10 Å². The molecule has 0 heterocycles. The number of hydrazone groups is 1. The number of carbonyl (C=O) groups is 1. The number of carbonyl (C=O) groups excluding carboxylic acids is 1. The van der Waals surface area contributed by atoms with Crippen LogP contribution in [0.4, 0.5) is 0 Å². The van der Waals surface area contributed by atoms with Crippen LogP contribution in [-0.4, -0.2) is 25.8 Å². The second-order valence-electron chi connectivity index (χ2n) is 6.43. The molecule has 3 rings (SSSR count). The summed E-state index contributed by atoms with van der Waals surface area (Å²) < 4.78 is 16.6. The topological polar surface area (TPSA) is 69.2 Å². The fraction of sp³-hybridized carbons (Fsp3) is 0.130. The van der Waals surface area contributed by atoms with Crippen molar-refractivity contribution in [2.45, 2.75) is 6.61 Å². The van der Waals surface area contributed by atoms with Gasteiger partial charge in [-0.3, -0.25) is 4.79 Å². The standard InChI is InChI=1S/C23H19Cl3N2O4/c1-30-22-11-15(5-10-21(22)32-13-18-19(25)3-2-4-20(18)26)12-27-28-23(29)14-31-17-8-6-16(24)7-9-17/h2-12H,13-14H2,1H3,(H,28,29)/b27-12-. The van der Waals surface area contributed by atoms with Crippen molar-refractivity contribution in [3.05, 3.63) is 86.9 Å². The number of nitrogens with zero attached hydrogens (tertiary/aromatic N) is 1. The molecule has 9 heteroatoms. The van der Waals surface area contributed by atoms with Gasteiger partial charge in [0.2, 0.25) is 0 Å².